The fourth-order valence-electron chi connectivity index (χ4n) is 3.98. The molecule has 1 saturated heterocycles. The molecule has 128 valence electrons. The van der Waals surface area contributed by atoms with Gasteiger partial charge in [0.15, 0.2) is 0 Å². The maximum Gasteiger partial charge on any atom is 0.227 e. The zero-order chi connectivity index (χ0) is 17.2. The molecule has 2 aromatic heterocycles. The van der Waals surface area contributed by atoms with Gasteiger partial charge in [-0.25, -0.2) is 0 Å². The molecule has 0 N–H and O–H groups in total. The van der Waals surface area contributed by atoms with Gasteiger partial charge in [-0.05, 0) is 42.5 Å². The number of benzene rings is 1. The lowest BCUT2D eigenvalue weighted by Crippen LogP contribution is -2.39. The van der Waals surface area contributed by atoms with Gasteiger partial charge >= 0.3 is 0 Å². The molecule has 1 aromatic carbocycles. The molecule has 3 heterocycles. The van der Waals surface area contributed by atoms with E-state index in [1.165, 1.54) is 10.9 Å². The number of pyridine rings is 1. The molecule has 0 radical (unpaired) electrons. The van der Waals surface area contributed by atoms with Crippen molar-refractivity contribution in [2.45, 2.75) is 31.7 Å². The van der Waals surface area contributed by atoms with Gasteiger partial charge in [0, 0.05) is 43.1 Å². The second-order valence-electron chi connectivity index (χ2n) is 6.84. The number of fused-ring (bicyclic) bond motifs is 1. The Morgan fingerprint density at radius 1 is 1.20 bits per heavy atom. The largest absolute Gasteiger partial charge is 0.350 e. The third-order valence-electron chi connectivity index (χ3n) is 5.21. The molecule has 0 bridgehead atoms. The van der Waals surface area contributed by atoms with E-state index in [1.54, 1.807) is 6.20 Å². The van der Waals surface area contributed by atoms with Crippen LogP contribution in [-0.2, 0) is 18.3 Å². The maximum atomic E-state index is 13.1. The molecule has 25 heavy (non-hydrogen) atoms. The Bertz CT molecular complexity index is 885. The lowest BCUT2D eigenvalue weighted by molar-refractivity contribution is -0.134. The molecule has 0 aliphatic carbocycles. The van der Waals surface area contributed by atoms with Crippen LogP contribution in [0.1, 0.15) is 36.4 Å². The van der Waals surface area contributed by atoms with Crippen LogP contribution in [0.15, 0.2) is 55.0 Å². The number of piperidine rings is 1. The zero-order valence-electron chi connectivity index (χ0n) is 14.6. The van der Waals surface area contributed by atoms with E-state index in [2.05, 4.69) is 38.8 Å². The highest BCUT2D eigenvalue weighted by molar-refractivity contribution is 5.89. The molecular weight excluding hydrogens is 310 g/mol. The number of aryl methyl sites for hydroxylation is 1. The van der Waals surface area contributed by atoms with Crippen molar-refractivity contribution >= 4 is 16.8 Å². The SMILES string of the molecule is Cn1cc(CC(=O)N2CCCC[C@H]2c2cccnc2)c2ccccc21. The van der Waals surface area contributed by atoms with Gasteiger partial charge in [0.25, 0.3) is 0 Å². The van der Waals surface area contributed by atoms with Crippen LogP contribution in [0.25, 0.3) is 10.9 Å². The molecule has 4 nitrogen and oxygen atoms in total. The highest BCUT2D eigenvalue weighted by Gasteiger charge is 2.28. The summed E-state index contributed by atoms with van der Waals surface area (Å²) in [5.41, 5.74) is 3.43. The molecule has 1 fully saturated rings. The molecule has 0 spiro atoms. The number of carbonyl (C=O) groups is 1. The quantitative estimate of drug-likeness (QED) is 0.730. The minimum Gasteiger partial charge on any atom is -0.350 e. The second kappa shape index (κ2) is 6.71. The Morgan fingerprint density at radius 2 is 2.08 bits per heavy atom. The van der Waals surface area contributed by atoms with Gasteiger partial charge in [0.05, 0.1) is 12.5 Å². The molecule has 0 unspecified atom stereocenters. The summed E-state index contributed by atoms with van der Waals surface area (Å²) in [7, 11) is 2.04. The Kier molecular flexibility index (Phi) is 4.26. The first-order valence-corrected chi connectivity index (χ1v) is 8.96. The first-order chi connectivity index (χ1) is 12.2. The maximum absolute atomic E-state index is 13.1. The van der Waals surface area contributed by atoms with Crippen molar-refractivity contribution in [3.63, 3.8) is 0 Å². The van der Waals surface area contributed by atoms with Gasteiger partial charge in [-0.15, -0.1) is 0 Å². The summed E-state index contributed by atoms with van der Waals surface area (Å²) in [6, 6.07) is 12.5. The standard InChI is InChI=1S/C21H23N3O/c1-23-15-17(18-8-2-3-10-20(18)23)13-21(25)24-12-5-4-9-19(24)16-7-6-11-22-14-16/h2-3,6-8,10-11,14-15,19H,4-5,9,12-13H2,1H3/t19-/m0/s1. The number of rotatable bonds is 3. The minimum absolute atomic E-state index is 0.157. The number of hydrogen-bond acceptors (Lipinski definition) is 2. The highest BCUT2D eigenvalue weighted by Crippen LogP contribution is 2.31. The van der Waals surface area contributed by atoms with Crippen LogP contribution in [0.5, 0.6) is 0 Å². The smallest absolute Gasteiger partial charge is 0.227 e. The Labute approximate surface area is 148 Å². The summed E-state index contributed by atoms with van der Waals surface area (Å²) in [6.07, 6.45) is 9.50. The average Bonchev–Trinajstić information content (AvgIpc) is 2.98. The number of likely N-dealkylation sites (tertiary alicyclic amines) is 1. The van der Waals surface area contributed by atoms with Crippen molar-refractivity contribution < 1.29 is 4.79 Å². The molecule has 4 heteroatoms. The second-order valence-corrected chi connectivity index (χ2v) is 6.84. The van der Waals surface area contributed by atoms with Gasteiger partial charge in [0.1, 0.15) is 0 Å². The number of para-hydroxylation sites is 1. The highest BCUT2D eigenvalue weighted by atomic mass is 16.2. The molecular formula is C21H23N3O. The van der Waals surface area contributed by atoms with E-state index in [1.807, 2.05) is 31.4 Å². The number of carbonyl (C=O) groups excluding carboxylic acids is 1. The normalized spacial score (nSPS) is 17.8. The third-order valence-corrected chi connectivity index (χ3v) is 5.21. The average molecular weight is 333 g/mol. The van der Waals surface area contributed by atoms with E-state index in [9.17, 15) is 4.79 Å². The van der Waals surface area contributed by atoms with Crippen LogP contribution in [0, 0.1) is 0 Å². The third kappa shape index (κ3) is 3.04. The van der Waals surface area contributed by atoms with Gasteiger partial charge in [-0.1, -0.05) is 24.3 Å². The summed E-state index contributed by atoms with van der Waals surface area (Å²) in [5, 5.41) is 1.17. The van der Waals surface area contributed by atoms with Gasteiger partial charge in [0.2, 0.25) is 5.91 Å². The summed E-state index contributed by atoms with van der Waals surface area (Å²) < 4.78 is 2.10. The molecule has 1 amide bonds. The van der Waals surface area contributed by atoms with Crippen molar-refractivity contribution in [2.75, 3.05) is 6.54 Å². The first kappa shape index (κ1) is 15.9. The predicted molar refractivity (Wildman–Crippen MR) is 99.2 cm³/mol. The monoisotopic (exact) mass is 333 g/mol. The van der Waals surface area contributed by atoms with Gasteiger partial charge in [-0.2, -0.15) is 0 Å². The molecule has 3 aromatic rings. The number of nitrogens with zero attached hydrogens (tertiary/aromatic N) is 3. The van der Waals surface area contributed by atoms with Crippen molar-refractivity contribution in [1.82, 2.24) is 14.5 Å². The molecule has 1 atom stereocenters. The fourth-order valence-corrected chi connectivity index (χ4v) is 3.98. The van der Waals surface area contributed by atoms with Gasteiger partial charge in [-0.3, -0.25) is 9.78 Å². The van der Waals surface area contributed by atoms with E-state index < -0.39 is 0 Å². The van der Waals surface area contributed by atoms with Crippen LogP contribution < -0.4 is 0 Å². The van der Waals surface area contributed by atoms with Crippen molar-refractivity contribution in [3.05, 3.63) is 66.1 Å². The summed E-state index contributed by atoms with van der Waals surface area (Å²) in [6.45, 7) is 0.836. The van der Waals surface area contributed by atoms with Crippen LogP contribution in [0.3, 0.4) is 0 Å². The van der Waals surface area contributed by atoms with Gasteiger partial charge < -0.3 is 9.47 Å². The van der Waals surface area contributed by atoms with Crippen LogP contribution in [0.4, 0.5) is 0 Å². The van der Waals surface area contributed by atoms with Crippen molar-refractivity contribution in [2.24, 2.45) is 7.05 Å². The number of hydrogen-bond donors (Lipinski definition) is 0. The zero-order valence-corrected chi connectivity index (χ0v) is 14.6. The number of aromatic nitrogens is 2. The fraction of sp³-hybridized carbons (Fsp3) is 0.333. The summed E-state index contributed by atoms with van der Waals surface area (Å²) in [4.78, 5) is 19.4. The lowest BCUT2D eigenvalue weighted by atomic mass is 9.95. The molecule has 0 saturated carbocycles. The summed E-state index contributed by atoms with van der Waals surface area (Å²) in [5.74, 6) is 0.213. The van der Waals surface area contributed by atoms with Crippen molar-refractivity contribution in [3.8, 4) is 0 Å². The van der Waals surface area contributed by atoms with Crippen LogP contribution in [0.2, 0.25) is 0 Å². The van der Waals surface area contributed by atoms with E-state index >= 15 is 0 Å². The van der Waals surface area contributed by atoms with E-state index in [0.717, 1.165) is 36.9 Å². The predicted octanol–water partition coefficient (Wildman–Crippen LogP) is 3.87. The molecule has 1 aliphatic heterocycles. The Morgan fingerprint density at radius 3 is 2.92 bits per heavy atom. The van der Waals surface area contributed by atoms with E-state index in [-0.39, 0.29) is 11.9 Å². The summed E-state index contributed by atoms with van der Waals surface area (Å²) >= 11 is 0. The molecule has 1 aliphatic rings. The first-order valence-electron chi connectivity index (χ1n) is 8.96. The number of amides is 1. The Hall–Kier alpha value is -2.62. The minimum atomic E-state index is 0.157. The topological polar surface area (TPSA) is 38.1 Å². The van der Waals surface area contributed by atoms with Crippen LogP contribution in [-0.4, -0.2) is 26.9 Å². The Balaban J connectivity index is 1.60. The van der Waals surface area contributed by atoms with Crippen LogP contribution >= 0.6 is 0 Å². The van der Waals surface area contributed by atoms with E-state index in [4.69, 9.17) is 0 Å². The lowest BCUT2D eigenvalue weighted by Gasteiger charge is -2.36. The molecule has 4 rings (SSSR count). The van der Waals surface area contributed by atoms with Crippen molar-refractivity contribution in [1.29, 1.82) is 0 Å². The van der Waals surface area contributed by atoms with E-state index in [0.29, 0.717) is 6.42 Å².